The van der Waals surface area contributed by atoms with Crippen LogP contribution < -0.4 is 0 Å². The number of aromatic nitrogens is 1. The first-order chi connectivity index (χ1) is 9.54. The monoisotopic (exact) mass is 276 g/mol. The van der Waals surface area contributed by atoms with Crippen LogP contribution in [0.4, 0.5) is 0 Å². The predicted octanol–water partition coefficient (Wildman–Crippen LogP) is 2.49. The van der Waals surface area contributed by atoms with Gasteiger partial charge in [-0.3, -0.25) is 4.79 Å². The maximum atomic E-state index is 12.5. The highest BCUT2D eigenvalue weighted by Crippen LogP contribution is 2.21. The maximum absolute atomic E-state index is 12.5. The Morgan fingerprint density at radius 3 is 2.75 bits per heavy atom. The fourth-order valence-electron chi connectivity index (χ4n) is 2.75. The van der Waals surface area contributed by atoms with E-state index in [1.165, 1.54) is 12.1 Å². The summed E-state index contributed by atoms with van der Waals surface area (Å²) >= 11 is 0. The number of carbonyl (C=O) groups is 2. The largest absolute Gasteiger partial charge is 0.478 e. The van der Waals surface area contributed by atoms with Crippen molar-refractivity contribution in [3.05, 3.63) is 29.1 Å². The van der Waals surface area contributed by atoms with E-state index in [-0.39, 0.29) is 17.5 Å². The summed E-state index contributed by atoms with van der Waals surface area (Å²) in [6.45, 7) is 4.47. The second-order valence-corrected chi connectivity index (χ2v) is 5.19. The minimum Gasteiger partial charge on any atom is -0.478 e. The van der Waals surface area contributed by atoms with Crippen LogP contribution in [0.15, 0.2) is 12.1 Å². The standard InChI is InChI=1S/C15H20N2O3/c1-3-11-6-4-5-9-17(11)14(18)13-8-7-12(15(19)20)10(2)16-13/h7-8,11H,3-6,9H2,1-2H3,(H,19,20). The summed E-state index contributed by atoms with van der Waals surface area (Å²) in [6.07, 6.45) is 4.16. The van der Waals surface area contributed by atoms with Gasteiger partial charge >= 0.3 is 5.97 Å². The van der Waals surface area contributed by atoms with Crippen LogP contribution >= 0.6 is 0 Å². The van der Waals surface area contributed by atoms with E-state index in [1.807, 2.05) is 4.90 Å². The Morgan fingerprint density at radius 1 is 1.40 bits per heavy atom. The summed E-state index contributed by atoms with van der Waals surface area (Å²) in [7, 11) is 0. The molecule has 108 valence electrons. The molecule has 20 heavy (non-hydrogen) atoms. The number of piperidine rings is 1. The summed E-state index contributed by atoms with van der Waals surface area (Å²) in [4.78, 5) is 29.5. The molecule has 0 saturated carbocycles. The van der Waals surface area contributed by atoms with Gasteiger partial charge in [0.25, 0.3) is 5.91 Å². The van der Waals surface area contributed by atoms with E-state index in [0.717, 1.165) is 32.2 Å². The number of amides is 1. The molecule has 1 unspecified atom stereocenters. The quantitative estimate of drug-likeness (QED) is 0.920. The molecule has 0 aromatic carbocycles. The highest BCUT2D eigenvalue weighted by molar-refractivity contribution is 5.94. The van der Waals surface area contributed by atoms with Crippen LogP contribution in [-0.2, 0) is 0 Å². The lowest BCUT2D eigenvalue weighted by Crippen LogP contribution is -2.43. The minimum absolute atomic E-state index is 0.0865. The number of aromatic carboxylic acids is 1. The summed E-state index contributed by atoms with van der Waals surface area (Å²) in [6, 6.07) is 3.25. The van der Waals surface area contributed by atoms with Gasteiger partial charge in [-0.1, -0.05) is 6.92 Å². The number of hydrogen-bond acceptors (Lipinski definition) is 3. The zero-order valence-corrected chi connectivity index (χ0v) is 11.9. The second kappa shape index (κ2) is 6.03. The Morgan fingerprint density at radius 2 is 2.15 bits per heavy atom. The molecule has 2 heterocycles. The predicted molar refractivity (Wildman–Crippen MR) is 74.9 cm³/mol. The number of carbonyl (C=O) groups excluding carboxylic acids is 1. The van der Waals surface area contributed by atoms with Crippen LogP contribution in [0, 0.1) is 6.92 Å². The number of rotatable bonds is 3. The van der Waals surface area contributed by atoms with Gasteiger partial charge in [-0.2, -0.15) is 0 Å². The van der Waals surface area contributed by atoms with Gasteiger partial charge in [0.1, 0.15) is 5.69 Å². The molecule has 5 nitrogen and oxygen atoms in total. The maximum Gasteiger partial charge on any atom is 0.337 e. The minimum atomic E-state index is -1.02. The molecule has 1 N–H and O–H groups in total. The summed E-state index contributed by atoms with van der Waals surface area (Å²) in [5, 5.41) is 8.99. The lowest BCUT2D eigenvalue weighted by molar-refractivity contribution is 0.0599. The number of hydrogen-bond donors (Lipinski definition) is 1. The van der Waals surface area contributed by atoms with Crippen LogP contribution in [-0.4, -0.2) is 39.5 Å². The highest BCUT2D eigenvalue weighted by Gasteiger charge is 2.27. The van der Waals surface area contributed by atoms with Crippen LogP contribution in [0.1, 0.15) is 59.1 Å². The van der Waals surface area contributed by atoms with Crippen molar-refractivity contribution in [1.82, 2.24) is 9.88 Å². The number of likely N-dealkylation sites (tertiary alicyclic amines) is 1. The zero-order valence-electron chi connectivity index (χ0n) is 11.9. The molecule has 0 spiro atoms. The molecule has 1 fully saturated rings. The number of nitrogens with zero attached hydrogens (tertiary/aromatic N) is 2. The number of aryl methyl sites for hydroxylation is 1. The second-order valence-electron chi connectivity index (χ2n) is 5.19. The third kappa shape index (κ3) is 2.81. The van der Waals surface area contributed by atoms with Crippen LogP contribution in [0.25, 0.3) is 0 Å². The van der Waals surface area contributed by atoms with Crippen molar-refractivity contribution >= 4 is 11.9 Å². The van der Waals surface area contributed by atoms with Crippen molar-refractivity contribution in [3.8, 4) is 0 Å². The fourth-order valence-corrected chi connectivity index (χ4v) is 2.75. The molecule has 1 amide bonds. The molecule has 0 aliphatic carbocycles. The molecule has 2 rings (SSSR count). The highest BCUT2D eigenvalue weighted by atomic mass is 16.4. The molecule has 1 saturated heterocycles. The van der Waals surface area contributed by atoms with Crippen LogP contribution in [0.5, 0.6) is 0 Å². The number of pyridine rings is 1. The molecule has 1 aromatic heterocycles. The number of carboxylic acid groups (broad SMARTS) is 1. The topological polar surface area (TPSA) is 70.5 Å². The molecule has 1 aromatic rings. The lowest BCUT2D eigenvalue weighted by atomic mass is 9.99. The van der Waals surface area contributed by atoms with Gasteiger partial charge in [0, 0.05) is 12.6 Å². The Labute approximate surface area is 118 Å². The van der Waals surface area contributed by atoms with E-state index in [9.17, 15) is 9.59 Å². The lowest BCUT2D eigenvalue weighted by Gasteiger charge is -2.35. The molecule has 0 radical (unpaired) electrons. The normalized spacial score (nSPS) is 18.9. The van der Waals surface area contributed by atoms with Crippen molar-refractivity contribution < 1.29 is 14.7 Å². The first kappa shape index (κ1) is 14.5. The molecular formula is C15H20N2O3. The first-order valence-electron chi connectivity index (χ1n) is 7.06. The number of carboxylic acids is 1. The molecular weight excluding hydrogens is 256 g/mol. The van der Waals surface area contributed by atoms with Gasteiger partial charge in [0.2, 0.25) is 0 Å². The Hall–Kier alpha value is -1.91. The summed E-state index contributed by atoms with van der Waals surface area (Å²) in [5.74, 6) is -1.10. The van der Waals surface area contributed by atoms with Gasteiger partial charge in [0.05, 0.1) is 11.3 Å². The third-order valence-corrected chi connectivity index (χ3v) is 3.89. The van der Waals surface area contributed by atoms with Gasteiger partial charge in [-0.05, 0) is 44.7 Å². The van der Waals surface area contributed by atoms with E-state index in [1.54, 1.807) is 6.92 Å². The van der Waals surface area contributed by atoms with E-state index in [2.05, 4.69) is 11.9 Å². The van der Waals surface area contributed by atoms with Crippen molar-refractivity contribution in [3.63, 3.8) is 0 Å². The van der Waals surface area contributed by atoms with Crippen molar-refractivity contribution in [1.29, 1.82) is 0 Å². The van der Waals surface area contributed by atoms with Gasteiger partial charge in [-0.25, -0.2) is 9.78 Å². The zero-order chi connectivity index (χ0) is 14.7. The van der Waals surface area contributed by atoms with Crippen molar-refractivity contribution in [2.24, 2.45) is 0 Å². The van der Waals surface area contributed by atoms with E-state index < -0.39 is 5.97 Å². The molecule has 1 atom stereocenters. The SMILES string of the molecule is CCC1CCCCN1C(=O)c1ccc(C(=O)O)c(C)n1. The average molecular weight is 276 g/mol. The van der Waals surface area contributed by atoms with Crippen LogP contribution in [0.2, 0.25) is 0 Å². The Balaban J connectivity index is 2.24. The third-order valence-electron chi connectivity index (χ3n) is 3.89. The summed E-state index contributed by atoms with van der Waals surface area (Å²) in [5.41, 5.74) is 0.869. The summed E-state index contributed by atoms with van der Waals surface area (Å²) < 4.78 is 0. The molecule has 1 aliphatic rings. The van der Waals surface area contributed by atoms with Crippen molar-refractivity contribution in [2.75, 3.05) is 6.54 Å². The smallest absolute Gasteiger partial charge is 0.337 e. The van der Waals surface area contributed by atoms with E-state index in [4.69, 9.17) is 5.11 Å². The average Bonchev–Trinajstić information content (AvgIpc) is 2.45. The fraction of sp³-hybridized carbons (Fsp3) is 0.533. The van der Waals surface area contributed by atoms with Crippen molar-refractivity contribution in [2.45, 2.75) is 45.6 Å². The van der Waals surface area contributed by atoms with E-state index in [0.29, 0.717) is 11.4 Å². The van der Waals surface area contributed by atoms with Gasteiger partial charge in [0.15, 0.2) is 0 Å². The Kier molecular flexibility index (Phi) is 4.37. The van der Waals surface area contributed by atoms with Gasteiger partial charge in [-0.15, -0.1) is 0 Å². The molecule has 0 bridgehead atoms. The van der Waals surface area contributed by atoms with Gasteiger partial charge < -0.3 is 10.0 Å². The Bertz CT molecular complexity index is 528. The van der Waals surface area contributed by atoms with E-state index >= 15 is 0 Å². The molecule has 1 aliphatic heterocycles. The van der Waals surface area contributed by atoms with Crippen LogP contribution in [0.3, 0.4) is 0 Å². The molecule has 5 heteroatoms. The first-order valence-corrected chi connectivity index (χ1v) is 7.06.